The van der Waals surface area contributed by atoms with E-state index >= 15 is 0 Å². The number of aromatic nitrogens is 1. The van der Waals surface area contributed by atoms with E-state index < -0.39 is 17.1 Å². The Hall–Kier alpha value is -2.32. The minimum atomic E-state index is -0.633. The molecule has 2 aromatic rings. The number of thioether (sulfide) groups is 1. The average molecular weight is 449 g/mol. The maximum atomic E-state index is 12.5. The molecule has 6 nitrogen and oxygen atoms in total. The predicted molar refractivity (Wildman–Crippen MR) is 108 cm³/mol. The molecule has 0 N–H and O–H groups in total. The van der Waals surface area contributed by atoms with Crippen LogP contribution in [0.2, 0.25) is 0 Å². The number of methoxy groups -OCH3 is 1. The molecule has 2 heterocycles. The highest BCUT2D eigenvalue weighted by atomic mass is 79.9. The summed E-state index contributed by atoms with van der Waals surface area (Å²) in [5.74, 6) is -1.12. The monoisotopic (exact) mass is 448 g/mol. The van der Waals surface area contributed by atoms with Crippen LogP contribution in [-0.2, 0) is 14.3 Å². The largest absolute Gasteiger partial charge is 0.468 e. The molecular formula is C19H17BrN2O4S. The quantitative estimate of drug-likeness (QED) is 0.520. The van der Waals surface area contributed by atoms with Crippen LogP contribution >= 0.6 is 27.7 Å². The van der Waals surface area contributed by atoms with Gasteiger partial charge in [-0.05, 0) is 61.5 Å². The first-order chi connectivity index (χ1) is 12.8. The molecule has 140 valence electrons. The smallest absolute Gasteiger partial charge is 0.325 e. The highest BCUT2D eigenvalue weighted by Gasteiger charge is 2.36. The molecular weight excluding hydrogens is 432 g/mol. The summed E-state index contributed by atoms with van der Waals surface area (Å²) in [6.45, 7) is 3.56. The van der Waals surface area contributed by atoms with Crippen LogP contribution in [0.25, 0.3) is 11.8 Å². The number of ether oxygens (including phenoxy) is 1. The first-order valence-corrected chi connectivity index (χ1v) is 9.70. The number of benzene rings is 1. The molecule has 3 rings (SSSR count). The minimum absolute atomic E-state index is 0.290. The zero-order valence-electron chi connectivity index (χ0n) is 15.0. The van der Waals surface area contributed by atoms with E-state index in [-0.39, 0.29) is 6.54 Å². The summed E-state index contributed by atoms with van der Waals surface area (Å²) < 4.78 is 7.59. The first kappa shape index (κ1) is 19.4. The molecule has 0 aliphatic carbocycles. The third-order valence-corrected chi connectivity index (χ3v) is 5.61. The van der Waals surface area contributed by atoms with Gasteiger partial charge >= 0.3 is 5.97 Å². The van der Waals surface area contributed by atoms with Gasteiger partial charge in [-0.25, -0.2) is 0 Å². The molecule has 1 saturated heterocycles. The third kappa shape index (κ3) is 3.86. The first-order valence-electron chi connectivity index (χ1n) is 8.09. The van der Waals surface area contributed by atoms with Crippen molar-refractivity contribution in [2.45, 2.75) is 13.8 Å². The van der Waals surface area contributed by atoms with E-state index in [2.05, 4.69) is 25.2 Å². The lowest BCUT2D eigenvalue weighted by Gasteiger charge is -2.10. The number of carbonyl (C=O) groups excluding carboxylic acids is 3. The standard InChI is InChI=1S/C19H17BrN2O4S/c1-11-7-13(12(2)22(11)15-6-4-5-14(20)9-15)8-16-18(24)21(19(25)27-16)10-17(23)26-3/h4-9H,10H2,1-3H3. The predicted octanol–water partition coefficient (Wildman–Crippen LogP) is 4.07. The molecule has 1 aromatic heterocycles. The Morgan fingerprint density at radius 1 is 1.26 bits per heavy atom. The van der Waals surface area contributed by atoms with Gasteiger partial charge in [0.15, 0.2) is 0 Å². The molecule has 0 atom stereocenters. The SMILES string of the molecule is COC(=O)CN1C(=O)SC(=Cc2cc(C)n(-c3cccc(Br)c3)c2C)C1=O. The molecule has 8 heteroatoms. The summed E-state index contributed by atoms with van der Waals surface area (Å²) in [4.78, 5) is 37.1. The van der Waals surface area contributed by atoms with Crippen LogP contribution in [-0.4, -0.2) is 40.2 Å². The number of halogens is 1. The van der Waals surface area contributed by atoms with E-state index in [0.29, 0.717) is 4.91 Å². The fourth-order valence-corrected chi connectivity index (χ4v) is 4.13. The van der Waals surface area contributed by atoms with Crippen molar-refractivity contribution in [1.29, 1.82) is 0 Å². The van der Waals surface area contributed by atoms with Crippen molar-refractivity contribution in [1.82, 2.24) is 9.47 Å². The Balaban J connectivity index is 1.94. The van der Waals surface area contributed by atoms with E-state index in [9.17, 15) is 14.4 Å². The van der Waals surface area contributed by atoms with Crippen LogP contribution in [0.1, 0.15) is 17.0 Å². The highest BCUT2D eigenvalue weighted by molar-refractivity contribution is 9.10. The summed E-state index contributed by atoms with van der Waals surface area (Å²) >= 11 is 4.30. The second-order valence-electron chi connectivity index (χ2n) is 5.99. The van der Waals surface area contributed by atoms with Crippen LogP contribution < -0.4 is 0 Å². The topological polar surface area (TPSA) is 68.6 Å². The fraction of sp³-hybridized carbons (Fsp3) is 0.211. The Morgan fingerprint density at radius 3 is 2.67 bits per heavy atom. The van der Waals surface area contributed by atoms with E-state index in [1.807, 2.05) is 44.2 Å². The summed E-state index contributed by atoms with van der Waals surface area (Å²) in [5.41, 5.74) is 3.80. The zero-order valence-corrected chi connectivity index (χ0v) is 17.4. The van der Waals surface area contributed by atoms with Crippen LogP contribution in [0.3, 0.4) is 0 Å². The number of hydrogen-bond donors (Lipinski definition) is 0. The van der Waals surface area contributed by atoms with Crippen molar-refractivity contribution in [2.24, 2.45) is 0 Å². The van der Waals surface area contributed by atoms with Gasteiger partial charge in [-0.15, -0.1) is 0 Å². The number of carbonyl (C=O) groups is 3. The lowest BCUT2D eigenvalue weighted by molar-refractivity contribution is -0.143. The molecule has 2 amide bonds. The molecule has 1 aliphatic rings. The number of hydrogen-bond acceptors (Lipinski definition) is 5. The molecule has 1 fully saturated rings. The lowest BCUT2D eigenvalue weighted by Crippen LogP contribution is -2.34. The molecule has 0 unspecified atom stereocenters. The zero-order chi connectivity index (χ0) is 19.7. The average Bonchev–Trinajstić information content (AvgIpc) is 3.05. The number of aryl methyl sites for hydroxylation is 1. The van der Waals surface area contributed by atoms with E-state index in [1.54, 1.807) is 6.08 Å². The molecule has 0 spiro atoms. The van der Waals surface area contributed by atoms with Gasteiger partial charge < -0.3 is 9.30 Å². The van der Waals surface area contributed by atoms with Gasteiger partial charge in [0.2, 0.25) is 0 Å². The molecule has 0 radical (unpaired) electrons. The minimum Gasteiger partial charge on any atom is -0.468 e. The molecule has 0 saturated carbocycles. The van der Waals surface area contributed by atoms with Gasteiger partial charge in [0.25, 0.3) is 11.1 Å². The Labute approximate surface area is 169 Å². The second kappa shape index (κ2) is 7.74. The summed E-state index contributed by atoms with van der Waals surface area (Å²) in [6.07, 6.45) is 1.69. The van der Waals surface area contributed by atoms with Crippen LogP contribution in [0.4, 0.5) is 4.79 Å². The van der Waals surface area contributed by atoms with Gasteiger partial charge in [-0.2, -0.15) is 0 Å². The number of esters is 1. The number of amides is 2. The third-order valence-electron chi connectivity index (χ3n) is 4.21. The Bertz CT molecular complexity index is 980. The van der Waals surface area contributed by atoms with Crippen molar-refractivity contribution in [3.05, 3.63) is 56.7 Å². The van der Waals surface area contributed by atoms with Crippen molar-refractivity contribution in [2.75, 3.05) is 13.7 Å². The van der Waals surface area contributed by atoms with Gasteiger partial charge in [0, 0.05) is 21.5 Å². The van der Waals surface area contributed by atoms with Crippen molar-refractivity contribution in [3.63, 3.8) is 0 Å². The Morgan fingerprint density at radius 2 is 2.00 bits per heavy atom. The van der Waals surface area contributed by atoms with E-state index in [0.717, 1.165) is 43.8 Å². The van der Waals surface area contributed by atoms with Crippen LogP contribution in [0.5, 0.6) is 0 Å². The van der Waals surface area contributed by atoms with Gasteiger partial charge in [-0.1, -0.05) is 22.0 Å². The number of nitrogens with zero attached hydrogens (tertiary/aromatic N) is 2. The highest BCUT2D eigenvalue weighted by Crippen LogP contribution is 2.33. The maximum absolute atomic E-state index is 12.5. The summed E-state index contributed by atoms with van der Waals surface area (Å²) in [7, 11) is 1.22. The van der Waals surface area contributed by atoms with Gasteiger partial charge in [0.05, 0.1) is 12.0 Å². The second-order valence-corrected chi connectivity index (χ2v) is 7.89. The van der Waals surface area contributed by atoms with Gasteiger partial charge in [0.1, 0.15) is 6.54 Å². The van der Waals surface area contributed by atoms with Crippen molar-refractivity contribution in [3.8, 4) is 5.69 Å². The van der Waals surface area contributed by atoms with Crippen molar-refractivity contribution < 1.29 is 19.1 Å². The molecule has 1 aromatic carbocycles. The number of imide groups is 1. The lowest BCUT2D eigenvalue weighted by atomic mass is 10.2. The number of rotatable bonds is 4. The Kier molecular flexibility index (Phi) is 5.57. The van der Waals surface area contributed by atoms with Gasteiger partial charge in [-0.3, -0.25) is 19.3 Å². The summed E-state index contributed by atoms with van der Waals surface area (Å²) in [6, 6.07) is 9.88. The van der Waals surface area contributed by atoms with Crippen LogP contribution in [0, 0.1) is 13.8 Å². The maximum Gasteiger partial charge on any atom is 0.325 e. The van der Waals surface area contributed by atoms with E-state index in [4.69, 9.17) is 0 Å². The fourth-order valence-electron chi connectivity index (χ4n) is 2.92. The molecule has 0 bridgehead atoms. The summed E-state index contributed by atoms with van der Waals surface area (Å²) in [5, 5.41) is -0.475. The van der Waals surface area contributed by atoms with Crippen molar-refractivity contribution >= 4 is 50.9 Å². The molecule has 1 aliphatic heterocycles. The van der Waals surface area contributed by atoms with E-state index in [1.165, 1.54) is 7.11 Å². The van der Waals surface area contributed by atoms with Crippen LogP contribution in [0.15, 0.2) is 39.7 Å². The normalized spacial score (nSPS) is 15.7. The molecule has 27 heavy (non-hydrogen) atoms.